The topological polar surface area (TPSA) is 97.4 Å². The molecule has 32 heavy (non-hydrogen) atoms. The predicted octanol–water partition coefficient (Wildman–Crippen LogP) is 1.86. The van der Waals surface area contributed by atoms with Crippen molar-refractivity contribution in [2.45, 2.75) is 19.3 Å². The number of anilines is 1. The van der Waals surface area contributed by atoms with Crippen LogP contribution in [0.25, 0.3) is 0 Å². The summed E-state index contributed by atoms with van der Waals surface area (Å²) in [5.74, 6) is 0.740. The number of piperidine rings is 1. The van der Waals surface area contributed by atoms with Gasteiger partial charge in [0.15, 0.2) is 11.5 Å². The van der Waals surface area contributed by atoms with Crippen LogP contribution in [0.4, 0.5) is 5.69 Å². The van der Waals surface area contributed by atoms with Crippen LogP contribution in [0.15, 0.2) is 12.1 Å². The normalized spacial score (nSPS) is 16.4. The zero-order chi connectivity index (χ0) is 22.9. The van der Waals surface area contributed by atoms with Crippen molar-refractivity contribution in [3.05, 3.63) is 17.7 Å². The molecule has 2 aliphatic rings. The van der Waals surface area contributed by atoms with Crippen LogP contribution in [0, 0.1) is 0 Å². The van der Waals surface area contributed by atoms with E-state index in [0.717, 1.165) is 19.3 Å². The van der Waals surface area contributed by atoms with E-state index >= 15 is 0 Å². The van der Waals surface area contributed by atoms with E-state index in [-0.39, 0.29) is 29.2 Å². The molecule has 3 amide bonds. The summed E-state index contributed by atoms with van der Waals surface area (Å²) in [4.78, 5) is 41.6. The Kier molecular flexibility index (Phi) is 9.04. The van der Waals surface area contributed by atoms with Crippen LogP contribution in [0.2, 0.25) is 0 Å². The molecule has 9 nitrogen and oxygen atoms in total. The first-order chi connectivity index (χ1) is 15.5. The van der Waals surface area contributed by atoms with Crippen LogP contribution in [0.5, 0.6) is 11.5 Å². The van der Waals surface area contributed by atoms with Crippen LogP contribution in [-0.4, -0.2) is 92.6 Å². The Hall–Kier alpha value is -2.46. The zero-order valence-corrected chi connectivity index (χ0v) is 19.5. The number of amides is 3. The summed E-state index contributed by atoms with van der Waals surface area (Å²) in [6.45, 7) is 3.65. The lowest BCUT2D eigenvalue weighted by Crippen LogP contribution is -2.41. The standard InChI is InChI=1S/C22H31N3O6S/c1-29-18-12-16(22(28)25-6-4-3-5-7-25)17(13-19(18)30-2)23-20(26)14-32-15-21(27)24-8-10-31-11-9-24/h12-13H,3-11,14-15H2,1-2H3,(H,23,26). The molecule has 10 heteroatoms. The molecule has 2 aliphatic heterocycles. The van der Waals surface area contributed by atoms with Gasteiger partial charge >= 0.3 is 0 Å². The Morgan fingerprint density at radius 2 is 1.59 bits per heavy atom. The van der Waals surface area contributed by atoms with Gasteiger partial charge < -0.3 is 29.3 Å². The monoisotopic (exact) mass is 465 g/mol. The van der Waals surface area contributed by atoms with E-state index in [1.54, 1.807) is 21.9 Å². The van der Waals surface area contributed by atoms with Gasteiger partial charge in [0, 0.05) is 32.2 Å². The van der Waals surface area contributed by atoms with Crippen molar-refractivity contribution >= 4 is 35.2 Å². The first-order valence-corrected chi connectivity index (χ1v) is 12.0. The predicted molar refractivity (Wildman–Crippen MR) is 123 cm³/mol. The summed E-state index contributed by atoms with van der Waals surface area (Å²) < 4.78 is 16.0. The molecular formula is C22H31N3O6S. The maximum Gasteiger partial charge on any atom is 0.256 e. The van der Waals surface area contributed by atoms with Gasteiger partial charge in [0.2, 0.25) is 11.8 Å². The largest absolute Gasteiger partial charge is 0.493 e. The lowest BCUT2D eigenvalue weighted by atomic mass is 10.1. The highest BCUT2D eigenvalue weighted by molar-refractivity contribution is 8.00. The highest BCUT2D eigenvalue weighted by Gasteiger charge is 2.24. The molecule has 0 atom stereocenters. The highest BCUT2D eigenvalue weighted by Crippen LogP contribution is 2.34. The second kappa shape index (κ2) is 12.0. The van der Waals surface area contributed by atoms with Crippen LogP contribution in [0.3, 0.4) is 0 Å². The van der Waals surface area contributed by atoms with E-state index in [0.29, 0.717) is 62.1 Å². The third-order valence-corrected chi connectivity index (χ3v) is 6.41. The van der Waals surface area contributed by atoms with Crippen LogP contribution in [-0.2, 0) is 14.3 Å². The van der Waals surface area contributed by atoms with Gasteiger partial charge in [0.1, 0.15) is 0 Å². The Morgan fingerprint density at radius 1 is 0.938 bits per heavy atom. The van der Waals surface area contributed by atoms with Gasteiger partial charge in [-0.05, 0) is 25.3 Å². The number of ether oxygens (including phenoxy) is 3. The van der Waals surface area contributed by atoms with Gasteiger partial charge in [-0.2, -0.15) is 0 Å². The van der Waals surface area contributed by atoms with E-state index in [1.165, 1.54) is 26.0 Å². The summed E-state index contributed by atoms with van der Waals surface area (Å²) >= 11 is 1.25. The third-order valence-electron chi connectivity index (χ3n) is 5.49. The zero-order valence-electron chi connectivity index (χ0n) is 18.7. The van der Waals surface area contributed by atoms with Crippen molar-refractivity contribution in [1.82, 2.24) is 9.80 Å². The molecule has 0 radical (unpaired) electrons. The van der Waals surface area contributed by atoms with Crippen molar-refractivity contribution in [1.29, 1.82) is 0 Å². The average molecular weight is 466 g/mol. The molecule has 0 unspecified atom stereocenters. The number of carbonyl (C=O) groups is 3. The van der Waals surface area contributed by atoms with Crippen LogP contribution >= 0.6 is 11.8 Å². The average Bonchev–Trinajstić information content (AvgIpc) is 2.84. The van der Waals surface area contributed by atoms with E-state index in [9.17, 15) is 14.4 Å². The van der Waals surface area contributed by atoms with Gasteiger partial charge in [0.25, 0.3) is 5.91 Å². The van der Waals surface area contributed by atoms with Gasteiger partial charge in [-0.25, -0.2) is 0 Å². The summed E-state index contributed by atoms with van der Waals surface area (Å²) in [7, 11) is 3.01. The second-order valence-electron chi connectivity index (χ2n) is 7.64. The van der Waals surface area contributed by atoms with Gasteiger partial charge in [-0.15, -0.1) is 11.8 Å². The molecule has 1 aromatic rings. The third kappa shape index (κ3) is 6.29. The Labute approximate surface area is 192 Å². The number of likely N-dealkylation sites (tertiary alicyclic amines) is 1. The van der Waals surface area contributed by atoms with E-state index in [1.807, 2.05) is 0 Å². The lowest BCUT2D eigenvalue weighted by molar-refractivity contribution is -0.132. The SMILES string of the molecule is COc1cc(NC(=O)CSCC(=O)N2CCOCC2)c(C(=O)N2CCCCC2)cc1OC. The van der Waals surface area contributed by atoms with Crippen LogP contribution in [0.1, 0.15) is 29.6 Å². The maximum atomic E-state index is 13.2. The number of nitrogens with one attached hydrogen (secondary N) is 1. The quantitative estimate of drug-likeness (QED) is 0.626. The minimum absolute atomic E-state index is 0.00168. The minimum atomic E-state index is -0.287. The Bertz CT molecular complexity index is 822. The lowest BCUT2D eigenvalue weighted by Gasteiger charge is -2.28. The van der Waals surface area contributed by atoms with Gasteiger partial charge in [-0.1, -0.05) is 0 Å². The molecule has 0 saturated carbocycles. The smallest absolute Gasteiger partial charge is 0.256 e. The number of methoxy groups -OCH3 is 2. The molecule has 2 saturated heterocycles. The number of thioether (sulfide) groups is 1. The number of rotatable bonds is 8. The van der Waals surface area contributed by atoms with Gasteiger partial charge in [-0.3, -0.25) is 14.4 Å². The molecule has 3 rings (SSSR count). The number of hydrogen-bond donors (Lipinski definition) is 1. The summed E-state index contributed by atoms with van der Waals surface area (Å²) in [5.41, 5.74) is 0.746. The second-order valence-corrected chi connectivity index (χ2v) is 8.63. The summed E-state index contributed by atoms with van der Waals surface area (Å²) in [6.07, 6.45) is 3.04. The van der Waals surface area contributed by atoms with Crippen molar-refractivity contribution < 1.29 is 28.6 Å². The molecule has 0 aliphatic carbocycles. The summed E-state index contributed by atoms with van der Waals surface area (Å²) in [5, 5.41) is 2.82. The van der Waals surface area contributed by atoms with E-state index in [2.05, 4.69) is 5.32 Å². The van der Waals surface area contributed by atoms with Crippen molar-refractivity contribution in [2.75, 3.05) is 70.4 Å². The maximum absolute atomic E-state index is 13.2. The van der Waals surface area contributed by atoms with Crippen molar-refractivity contribution in [3.63, 3.8) is 0 Å². The fraction of sp³-hybridized carbons (Fsp3) is 0.591. The molecule has 0 spiro atoms. The van der Waals surface area contributed by atoms with Crippen LogP contribution < -0.4 is 14.8 Å². The number of morpholine rings is 1. The minimum Gasteiger partial charge on any atom is -0.493 e. The summed E-state index contributed by atoms with van der Waals surface area (Å²) in [6, 6.07) is 3.22. The van der Waals surface area contributed by atoms with Gasteiger partial charge in [0.05, 0.1) is 50.2 Å². The highest BCUT2D eigenvalue weighted by atomic mass is 32.2. The number of hydrogen-bond acceptors (Lipinski definition) is 7. The van der Waals surface area contributed by atoms with Crippen molar-refractivity contribution in [2.24, 2.45) is 0 Å². The molecule has 0 aromatic heterocycles. The fourth-order valence-electron chi connectivity index (χ4n) is 3.75. The van der Waals surface area contributed by atoms with E-state index < -0.39 is 0 Å². The molecule has 1 aromatic carbocycles. The van der Waals surface area contributed by atoms with Crippen molar-refractivity contribution in [3.8, 4) is 11.5 Å². The first kappa shape index (κ1) is 24.2. The molecule has 2 fully saturated rings. The number of carbonyl (C=O) groups excluding carboxylic acids is 3. The molecule has 176 valence electrons. The molecule has 1 N–H and O–H groups in total. The number of nitrogens with zero attached hydrogens (tertiary/aromatic N) is 2. The molecule has 2 heterocycles. The first-order valence-electron chi connectivity index (χ1n) is 10.8. The Balaban J connectivity index is 1.65. The fourth-order valence-corrected chi connectivity index (χ4v) is 4.46. The van der Waals surface area contributed by atoms with E-state index in [4.69, 9.17) is 14.2 Å². The molecular weight excluding hydrogens is 434 g/mol. The number of benzene rings is 1. The molecule has 0 bridgehead atoms. The Morgan fingerprint density at radius 3 is 2.25 bits per heavy atom.